The second kappa shape index (κ2) is 9.78. The topological polar surface area (TPSA) is 42.0 Å². The highest BCUT2D eigenvalue weighted by Crippen LogP contribution is 2.15. The van der Waals surface area contributed by atoms with Crippen LogP contribution < -0.4 is 5.32 Å². The summed E-state index contributed by atoms with van der Waals surface area (Å²) in [4.78, 5) is 16.1. The summed E-state index contributed by atoms with van der Waals surface area (Å²) in [6.07, 6.45) is 5.00. The normalized spacial score (nSPS) is 10.5. The van der Waals surface area contributed by atoms with Crippen molar-refractivity contribution in [2.75, 3.05) is 11.1 Å². The largest absolute Gasteiger partial charge is 0.326 e. The Morgan fingerprint density at radius 1 is 0.846 bits per heavy atom. The number of aromatic nitrogens is 1. The first-order valence-electron chi connectivity index (χ1n) is 8.69. The Morgan fingerprint density at radius 3 is 2.27 bits per heavy atom. The summed E-state index contributed by atoms with van der Waals surface area (Å²) < 4.78 is 0. The quantitative estimate of drug-likeness (QED) is 0.578. The Morgan fingerprint density at radius 2 is 1.54 bits per heavy atom. The molecule has 0 aliphatic heterocycles. The average Bonchev–Trinajstić information content (AvgIpc) is 2.68. The SMILES string of the molecule is O=C(CCSCc1ccccc1)Nc1ccc(Cc2ccncc2)cc1. The van der Waals surface area contributed by atoms with Gasteiger partial charge in [0.2, 0.25) is 5.91 Å². The number of rotatable bonds is 8. The van der Waals surface area contributed by atoms with Gasteiger partial charge in [-0.1, -0.05) is 42.5 Å². The van der Waals surface area contributed by atoms with E-state index in [0.717, 1.165) is 23.6 Å². The van der Waals surface area contributed by atoms with Crippen LogP contribution in [0.2, 0.25) is 0 Å². The maximum atomic E-state index is 12.1. The number of hydrogen-bond donors (Lipinski definition) is 1. The second-order valence-electron chi connectivity index (χ2n) is 6.07. The van der Waals surface area contributed by atoms with Gasteiger partial charge in [-0.15, -0.1) is 0 Å². The summed E-state index contributed by atoms with van der Waals surface area (Å²) in [5, 5.41) is 2.97. The molecule has 0 atom stereocenters. The number of benzene rings is 2. The molecule has 0 spiro atoms. The summed E-state index contributed by atoms with van der Waals surface area (Å²) in [7, 11) is 0. The minimum Gasteiger partial charge on any atom is -0.326 e. The van der Waals surface area contributed by atoms with Gasteiger partial charge in [0.25, 0.3) is 0 Å². The molecule has 3 nitrogen and oxygen atoms in total. The predicted octanol–water partition coefficient (Wildman–Crippen LogP) is 4.93. The molecule has 0 unspecified atom stereocenters. The maximum Gasteiger partial charge on any atom is 0.225 e. The van der Waals surface area contributed by atoms with Gasteiger partial charge in [-0.2, -0.15) is 11.8 Å². The number of anilines is 1. The first-order valence-corrected chi connectivity index (χ1v) is 9.84. The highest BCUT2D eigenvalue weighted by atomic mass is 32.2. The third-order valence-electron chi connectivity index (χ3n) is 3.98. The van der Waals surface area contributed by atoms with E-state index in [9.17, 15) is 4.79 Å². The molecule has 1 aromatic heterocycles. The van der Waals surface area contributed by atoms with Crippen molar-refractivity contribution in [1.29, 1.82) is 0 Å². The molecule has 1 N–H and O–H groups in total. The van der Waals surface area contributed by atoms with Crippen molar-refractivity contribution in [3.63, 3.8) is 0 Å². The van der Waals surface area contributed by atoms with Crippen molar-refractivity contribution in [1.82, 2.24) is 4.98 Å². The fourth-order valence-electron chi connectivity index (χ4n) is 2.59. The minimum absolute atomic E-state index is 0.0624. The molecule has 1 heterocycles. The van der Waals surface area contributed by atoms with Crippen molar-refractivity contribution in [3.8, 4) is 0 Å². The van der Waals surface area contributed by atoms with Crippen LogP contribution in [-0.2, 0) is 17.0 Å². The number of thioether (sulfide) groups is 1. The van der Waals surface area contributed by atoms with Gasteiger partial charge in [-0.3, -0.25) is 9.78 Å². The summed E-state index contributed by atoms with van der Waals surface area (Å²) in [5.41, 5.74) is 4.59. The molecule has 2 aromatic carbocycles. The molecule has 0 bridgehead atoms. The van der Waals surface area contributed by atoms with E-state index in [1.165, 1.54) is 16.7 Å². The highest BCUT2D eigenvalue weighted by Gasteiger charge is 2.03. The zero-order valence-corrected chi connectivity index (χ0v) is 15.4. The van der Waals surface area contributed by atoms with Crippen LogP contribution in [0.3, 0.4) is 0 Å². The smallest absolute Gasteiger partial charge is 0.225 e. The van der Waals surface area contributed by atoms with Crippen molar-refractivity contribution < 1.29 is 4.79 Å². The van der Waals surface area contributed by atoms with Crippen LogP contribution >= 0.6 is 11.8 Å². The van der Waals surface area contributed by atoms with E-state index in [2.05, 4.69) is 34.6 Å². The van der Waals surface area contributed by atoms with Gasteiger partial charge in [-0.05, 0) is 47.4 Å². The Balaban J connectivity index is 1.40. The molecule has 3 aromatic rings. The maximum absolute atomic E-state index is 12.1. The summed E-state index contributed by atoms with van der Waals surface area (Å²) in [6, 6.07) is 22.4. The lowest BCUT2D eigenvalue weighted by Crippen LogP contribution is -2.12. The third kappa shape index (κ3) is 6.05. The zero-order valence-electron chi connectivity index (χ0n) is 14.6. The van der Waals surface area contributed by atoms with Crippen molar-refractivity contribution in [3.05, 3.63) is 95.8 Å². The van der Waals surface area contributed by atoms with E-state index >= 15 is 0 Å². The van der Waals surface area contributed by atoms with E-state index < -0.39 is 0 Å². The lowest BCUT2D eigenvalue weighted by Gasteiger charge is -2.07. The number of carbonyl (C=O) groups is 1. The van der Waals surface area contributed by atoms with Gasteiger partial charge in [0.1, 0.15) is 0 Å². The predicted molar refractivity (Wildman–Crippen MR) is 109 cm³/mol. The molecule has 0 radical (unpaired) electrons. The number of nitrogens with one attached hydrogen (secondary N) is 1. The van der Waals surface area contributed by atoms with Crippen LogP contribution in [-0.4, -0.2) is 16.6 Å². The third-order valence-corrected chi connectivity index (χ3v) is 5.01. The Hall–Kier alpha value is -2.59. The van der Waals surface area contributed by atoms with E-state index in [0.29, 0.717) is 6.42 Å². The Labute approximate surface area is 158 Å². The van der Waals surface area contributed by atoms with Gasteiger partial charge in [-0.25, -0.2) is 0 Å². The number of carbonyl (C=O) groups excluding carboxylic acids is 1. The first-order chi connectivity index (χ1) is 12.8. The molecule has 0 saturated heterocycles. The minimum atomic E-state index is 0.0624. The molecule has 0 aliphatic rings. The van der Waals surface area contributed by atoms with Gasteiger partial charge in [0.05, 0.1) is 0 Å². The number of nitrogens with zero attached hydrogens (tertiary/aromatic N) is 1. The van der Waals surface area contributed by atoms with E-state index in [1.807, 2.05) is 42.5 Å². The number of hydrogen-bond acceptors (Lipinski definition) is 3. The fourth-order valence-corrected chi connectivity index (χ4v) is 3.50. The van der Waals surface area contributed by atoms with Crippen LogP contribution in [0.4, 0.5) is 5.69 Å². The molecular weight excluding hydrogens is 340 g/mol. The van der Waals surface area contributed by atoms with Gasteiger partial charge in [0, 0.05) is 36.0 Å². The molecule has 0 saturated carbocycles. The van der Waals surface area contributed by atoms with Gasteiger partial charge in [0.15, 0.2) is 0 Å². The van der Waals surface area contributed by atoms with Crippen molar-refractivity contribution in [2.45, 2.75) is 18.6 Å². The molecular formula is C22H22N2OS. The van der Waals surface area contributed by atoms with E-state index in [1.54, 1.807) is 24.2 Å². The van der Waals surface area contributed by atoms with Crippen molar-refractivity contribution >= 4 is 23.4 Å². The summed E-state index contributed by atoms with van der Waals surface area (Å²) >= 11 is 1.78. The Kier molecular flexibility index (Phi) is 6.85. The fraction of sp³-hybridized carbons (Fsp3) is 0.182. The number of amides is 1. The highest BCUT2D eigenvalue weighted by molar-refractivity contribution is 7.98. The van der Waals surface area contributed by atoms with Crippen LogP contribution in [0.1, 0.15) is 23.1 Å². The molecule has 0 aliphatic carbocycles. The zero-order chi connectivity index (χ0) is 18.0. The molecule has 132 valence electrons. The monoisotopic (exact) mass is 362 g/mol. The van der Waals surface area contributed by atoms with Crippen LogP contribution in [0.15, 0.2) is 79.1 Å². The lowest BCUT2D eigenvalue weighted by atomic mass is 10.1. The molecule has 3 rings (SSSR count). The first kappa shape index (κ1) is 18.2. The summed E-state index contributed by atoms with van der Waals surface area (Å²) in [5.74, 6) is 1.83. The van der Waals surface area contributed by atoms with Gasteiger partial charge >= 0.3 is 0 Å². The van der Waals surface area contributed by atoms with E-state index in [-0.39, 0.29) is 5.91 Å². The van der Waals surface area contributed by atoms with Gasteiger partial charge < -0.3 is 5.32 Å². The molecule has 0 fully saturated rings. The standard InChI is InChI=1S/C22H22N2OS/c25-22(12-15-26-17-20-4-2-1-3-5-20)24-21-8-6-18(7-9-21)16-19-10-13-23-14-11-19/h1-11,13-14H,12,15-17H2,(H,24,25). The Bertz CT molecular complexity index is 805. The second-order valence-corrected chi connectivity index (χ2v) is 7.17. The number of pyridine rings is 1. The van der Waals surface area contributed by atoms with Crippen molar-refractivity contribution in [2.24, 2.45) is 0 Å². The summed E-state index contributed by atoms with van der Waals surface area (Å²) in [6.45, 7) is 0. The lowest BCUT2D eigenvalue weighted by molar-refractivity contribution is -0.115. The average molecular weight is 362 g/mol. The molecule has 26 heavy (non-hydrogen) atoms. The molecule has 1 amide bonds. The molecule has 4 heteroatoms. The van der Waals surface area contributed by atoms with E-state index in [4.69, 9.17) is 0 Å². The van der Waals surface area contributed by atoms with Crippen LogP contribution in [0.5, 0.6) is 0 Å². The van der Waals surface area contributed by atoms with Crippen LogP contribution in [0, 0.1) is 0 Å². The van der Waals surface area contributed by atoms with Crippen LogP contribution in [0.25, 0.3) is 0 Å².